The van der Waals surface area contributed by atoms with Crippen molar-refractivity contribution in [2.24, 2.45) is 0 Å². The van der Waals surface area contributed by atoms with Gasteiger partial charge >= 0.3 is 0 Å². The van der Waals surface area contributed by atoms with Crippen LogP contribution in [0, 0.1) is 5.82 Å². The van der Waals surface area contributed by atoms with Crippen molar-refractivity contribution in [1.29, 1.82) is 0 Å². The highest BCUT2D eigenvalue weighted by atomic mass is 35.5. The van der Waals surface area contributed by atoms with Crippen molar-refractivity contribution in [3.63, 3.8) is 0 Å². The second-order valence-corrected chi connectivity index (χ2v) is 4.96. The molecule has 0 radical (unpaired) electrons. The van der Waals surface area contributed by atoms with Crippen molar-refractivity contribution in [1.82, 2.24) is 10.2 Å². The second kappa shape index (κ2) is 5.80. The van der Waals surface area contributed by atoms with Gasteiger partial charge in [0.1, 0.15) is 5.82 Å². The van der Waals surface area contributed by atoms with E-state index in [2.05, 4.69) is 10.2 Å². The van der Waals surface area contributed by atoms with Crippen LogP contribution in [0.25, 0.3) is 0 Å². The highest BCUT2D eigenvalue weighted by molar-refractivity contribution is 6.30. The summed E-state index contributed by atoms with van der Waals surface area (Å²) >= 11 is 5.77. The zero-order valence-corrected chi connectivity index (χ0v) is 10.8. The first-order chi connectivity index (χ1) is 8.20. The van der Waals surface area contributed by atoms with Crippen LogP contribution in [0.1, 0.15) is 18.4 Å². The van der Waals surface area contributed by atoms with E-state index in [0.717, 1.165) is 25.9 Å². The molecule has 0 amide bonds. The third-order valence-corrected chi connectivity index (χ3v) is 3.71. The van der Waals surface area contributed by atoms with E-state index in [0.29, 0.717) is 18.2 Å². The fourth-order valence-electron chi connectivity index (χ4n) is 2.29. The fourth-order valence-corrected chi connectivity index (χ4v) is 2.49. The summed E-state index contributed by atoms with van der Waals surface area (Å²) in [7, 11) is 2.00. The van der Waals surface area contributed by atoms with Gasteiger partial charge in [0.15, 0.2) is 0 Å². The Bertz CT molecular complexity index is 376. The molecule has 1 aliphatic rings. The first kappa shape index (κ1) is 12.8. The van der Waals surface area contributed by atoms with Crippen LogP contribution >= 0.6 is 11.6 Å². The van der Waals surface area contributed by atoms with E-state index in [1.807, 2.05) is 13.1 Å². The van der Waals surface area contributed by atoms with Gasteiger partial charge < -0.3 is 5.32 Å². The number of hydrogen-bond donors (Lipinski definition) is 1. The van der Waals surface area contributed by atoms with Crippen LogP contribution in [0.4, 0.5) is 4.39 Å². The molecular formula is C13H18ClFN2. The van der Waals surface area contributed by atoms with Gasteiger partial charge in [-0.1, -0.05) is 23.7 Å². The predicted molar refractivity (Wildman–Crippen MR) is 68.8 cm³/mol. The van der Waals surface area contributed by atoms with Crippen LogP contribution in [0.2, 0.25) is 5.02 Å². The van der Waals surface area contributed by atoms with Crippen molar-refractivity contribution in [3.8, 4) is 0 Å². The lowest BCUT2D eigenvalue weighted by Gasteiger charge is -2.31. The monoisotopic (exact) mass is 256 g/mol. The minimum absolute atomic E-state index is 0.215. The summed E-state index contributed by atoms with van der Waals surface area (Å²) in [6.45, 7) is 2.68. The van der Waals surface area contributed by atoms with Crippen molar-refractivity contribution in [2.45, 2.75) is 25.4 Å². The Morgan fingerprint density at radius 2 is 2.12 bits per heavy atom. The van der Waals surface area contributed by atoms with Gasteiger partial charge in [0, 0.05) is 18.2 Å². The summed E-state index contributed by atoms with van der Waals surface area (Å²) in [5.41, 5.74) is 0.695. The van der Waals surface area contributed by atoms with E-state index < -0.39 is 0 Å². The molecular weight excluding hydrogens is 239 g/mol. The Balaban J connectivity index is 1.95. The molecule has 1 saturated heterocycles. The average molecular weight is 257 g/mol. The first-order valence-corrected chi connectivity index (χ1v) is 6.41. The highest BCUT2D eigenvalue weighted by Gasteiger charge is 2.18. The predicted octanol–water partition coefficient (Wildman–Crippen LogP) is 2.66. The van der Waals surface area contributed by atoms with Crippen molar-refractivity contribution in [2.75, 3.05) is 20.1 Å². The Hall–Kier alpha value is -0.640. The standard InChI is InChI=1S/C13H18ClFN2/c1-16-11-5-7-17(8-6-11)9-10-3-2-4-12(14)13(10)15/h2-4,11,16H,5-9H2,1H3. The number of likely N-dealkylation sites (tertiary alicyclic amines) is 1. The SMILES string of the molecule is CNC1CCN(Cc2cccc(Cl)c2F)CC1. The molecule has 0 unspecified atom stereocenters. The Morgan fingerprint density at radius 1 is 1.41 bits per heavy atom. The molecule has 4 heteroatoms. The maximum absolute atomic E-state index is 13.7. The summed E-state index contributed by atoms with van der Waals surface area (Å²) in [6.07, 6.45) is 2.25. The molecule has 0 aliphatic carbocycles. The van der Waals surface area contributed by atoms with Crippen LogP contribution in [-0.2, 0) is 6.54 Å². The second-order valence-electron chi connectivity index (χ2n) is 4.55. The van der Waals surface area contributed by atoms with Gasteiger partial charge in [0.2, 0.25) is 0 Å². The molecule has 1 aromatic rings. The third kappa shape index (κ3) is 3.18. The van der Waals surface area contributed by atoms with E-state index in [9.17, 15) is 4.39 Å². The summed E-state index contributed by atoms with van der Waals surface area (Å²) < 4.78 is 13.7. The van der Waals surface area contributed by atoms with E-state index in [1.165, 1.54) is 0 Å². The molecule has 0 spiro atoms. The molecule has 1 heterocycles. The summed E-state index contributed by atoms with van der Waals surface area (Å²) in [6, 6.07) is 5.82. The molecule has 2 nitrogen and oxygen atoms in total. The van der Waals surface area contributed by atoms with Gasteiger partial charge in [-0.15, -0.1) is 0 Å². The summed E-state index contributed by atoms with van der Waals surface area (Å²) in [5, 5.41) is 3.50. The molecule has 0 saturated carbocycles. The Morgan fingerprint density at radius 3 is 2.76 bits per heavy atom. The van der Waals surface area contributed by atoms with Gasteiger partial charge in [-0.3, -0.25) is 4.90 Å². The lowest BCUT2D eigenvalue weighted by Crippen LogP contribution is -2.40. The largest absolute Gasteiger partial charge is 0.317 e. The topological polar surface area (TPSA) is 15.3 Å². The molecule has 17 heavy (non-hydrogen) atoms. The van der Waals surface area contributed by atoms with Gasteiger partial charge in [-0.2, -0.15) is 0 Å². The molecule has 0 atom stereocenters. The third-order valence-electron chi connectivity index (χ3n) is 3.42. The van der Waals surface area contributed by atoms with E-state index in [4.69, 9.17) is 11.6 Å². The number of rotatable bonds is 3. The van der Waals surface area contributed by atoms with Crippen LogP contribution in [0.3, 0.4) is 0 Å². The number of nitrogens with one attached hydrogen (secondary N) is 1. The van der Waals surface area contributed by atoms with Gasteiger partial charge in [-0.25, -0.2) is 4.39 Å². The van der Waals surface area contributed by atoms with Gasteiger partial charge in [0.05, 0.1) is 5.02 Å². The zero-order valence-electron chi connectivity index (χ0n) is 10.0. The lowest BCUT2D eigenvalue weighted by atomic mass is 10.0. The minimum Gasteiger partial charge on any atom is -0.317 e. The average Bonchev–Trinajstić information content (AvgIpc) is 2.36. The molecule has 1 N–H and O–H groups in total. The molecule has 1 aliphatic heterocycles. The summed E-state index contributed by atoms with van der Waals surface area (Å²) in [5.74, 6) is -0.273. The maximum Gasteiger partial charge on any atom is 0.146 e. The molecule has 1 fully saturated rings. The number of piperidine rings is 1. The van der Waals surface area contributed by atoms with E-state index in [-0.39, 0.29) is 10.8 Å². The Labute approximate surface area is 107 Å². The van der Waals surface area contributed by atoms with Crippen molar-refractivity contribution < 1.29 is 4.39 Å². The van der Waals surface area contributed by atoms with Crippen LogP contribution in [0.5, 0.6) is 0 Å². The zero-order chi connectivity index (χ0) is 12.3. The Kier molecular flexibility index (Phi) is 4.37. The smallest absolute Gasteiger partial charge is 0.146 e. The van der Waals surface area contributed by atoms with Crippen molar-refractivity contribution >= 4 is 11.6 Å². The van der Waals surface area contributed by atoms with E-state index in [1.54, 1.807) is 12.1 Å². The van der Waals surface area contributed by atoms with Crippen molar-refractivity contribution in [3.05, 3.63) is 34.6 Å². The molecule has 0 aromatic heterocycles. The quantitative estimate of drug-likeness (QED) is 0.895. The molecule has 0 bridgehead atoms. The van der Waals surface area contributed by atoms with Gasteiger partial charge in [-0.05, 0) is 39.0 Å². The van der Waals surface area contributed by atoms with Crippen LogP contribution in [0.15, 0.2) is 18.2 Å². The normalized spacial score (nSPS) is 18.5. The fraction of sp³-hybridized carbons (Fsp3) is 0.538. The van der Waals surface area contributed by atoms with E-state index >= 15 is 0 Å². The number of halogens is 2. The van der Waals surface area contributed by atoms with Crippen LogP contribution < -0.4 is 5.32 Å². The molecule has 1 aromatic carbocycles. The number of benzene rings is 1. The first-order valence-electron chi connectivity index (χ1n) is 6.03. The molecule has 94 valence electrons. The van der Waals surface area contributed by atoms with Crippen LogP contribution in [-0.4, -0.2) is 31.1 Å². The highest BCUT2D eigenvalue weighted by Crippen LogP contribution is 2.20. The molecule has 2 rings (SSSR count). The lowest BCUT2D eigenvalue weighted by molar-refractivity contribution is 0.192. The number of nitrogens with zero attached hydrogens (tertiary/aromatic N) is 1. The number of hydrogen-bond acceptors (Lipinski definition) is 2. The minimum atomic E-state index is -0.273. The summed E-state index contributed by atoms with van der Waals surface area (Å²) in [4.78, 5) is 2.28. The maximum atomic E-state index is 13.7. The van der Waals surface area contributed by atoms with Gasteiger partial charge in [0.25, 0.3) is 0 Å².